The first-order valence-electron chi connectivity index (χ1n) is 6.05. The molecular weight excluding hydrogens is 204 g/mol. The molecule has 0 N–H and O–H groups in total. The maximum absolute atomic E-state index is 11.7. The molecule has 2 atom stereocenters. The van der Waals surface area contributed by atoms with Crippen molar-refractivity contribution in [1.82, 2.24) is 0 Å². The van der Waals surface area contributed by atoms with Crippen LogP contribution in [-0.2, 0) is 14.3 Å². The van der Waals surface area contributed by atoms with Crippen LogP contribution in [0.5, 0.6) is 0 Å². The molecule has 0 radical (unpaired) electrons. The summed E-state index contributed by atoms with van der Waals surface area (Å²) in [5, 5.41) is 0. The Bertz CT molecular complexity index is 275. The van der Waals surface area contributed by atoms with Crippen molar-refractivity contribution in [3.63, 3.8) is 0 Å². The van der Waals surface area contributed by atoms with Crippen LogP contribution in [0.2, 0.25) is 0 Å². The third kappa shape index (κ3) is 3.06. The van der Waals surface area contributed by atoms with Crippen LogP contribution in [0.3, 0.4) is 0 Å². The summed E-state index contributed by atoms with van der Waals surface area (Å²) in [5.41, 5.74) is 0.158. The zero-order valence-electron chi connectivity index (χ0n) is 10.7. The van der Waals surface area contributed by atoms with Crippen molar-refractivity contribution in [2.45, 2.75) is 47.0 Å². The van der Waals surface area contributed by atoms with Gasteiger partial charge in [-0.1, -0.05) is 20.8 Å². The van der Waals surface area contributed by atoms with E-state index in [2.05, 4.69) is 20.8 Å². The molecule has 0 aromatic rings. The Labute approximate surface area is 97.5 Å². The number of Topliss-reactive ketones (excluding diaryl/α,β-unsaturated/α-hetero) is 1. The third-order valence-corrected chi connectivity index (χ3v) is 3.44. The van der Waals surface area contributed by atoms with Gasteiger partial charge in [0.1, 0.15) is 11.7 Å². The first kappa shape index (κ1) is 13.2. The lowest BCUT2D eigenvalue weighted by Gasteiger charge is -2.36. The van der Waals surface area contributed by atoms with Gasteiger partial charge in [0.25, 0.3) is 0 Å². The zero-order chi connectivity index (χ0) is 12.3. The van der Waals surface area contributed by atoms with Gasteiger partial charge in [-0.05, 0) is 31.1 Å². The topological polar surface area (TPSA) is 43.4 Å². The Hall–Kier alpha value is -0.860. The Morgan fingerprint density at radius 3 is 2.56 bits per heavy atom. The van der Waals surface area contributed by atoms with E-state index in [4.69, 9.17) is 4.74 Å². The minimum atomic E-state index is -0.516. The molecule has 1 aliphatic rings. The van der Waals surface area contributed by atoms with Crippen LogP contribution in [0.4, 0.5) is 0 Å². The second-order valence-electron chi connectivity index (χ2n) is 5.61. The van der Waals surface area contributed by atoms with E-state index in [1.165, 1.54) is 0 Å². The molecule has 3 heteroatoms. The molecule has 0 aromatic carbocycles. The van der Waals surface area contributed by atoms with E-state index < -0.39 is 5.92 Å². The average molecular weight is 226 g/mol. The van der Waals surface area contributed by atoms with Crippen molar-refractivity contribution >= 4 is 11.8 Å². The minimum absolute atomic E-state index is 0.0546. The van der Waals surface area contributed by atoms with Crippen LogP contribution in [-0.4, -0.2) is 18.4 Å². The molecule has 0 amide bonds. The van der Waals surface area contributed by atoms with Gasteiger partial charge < -0.3 is 4.74 Å². The zero-order valence-corrected chi connectivity index (χ0v) is 10.7. The summed E-state index contributed by atoms with van der Waals surface area (Å²) in [6, 6.07) is 0. The lowest BCUT2D eigenvalue weighted by Crippen LogP contribution is -2.36. The van der Waals surface area contributed by atoms with Crippen LogP contribution >= 0.6 is 0 Å². The van der Waals surface area contributed by atoms with E-state index in [9.17, 15) is 9.59 Å². The van der Waals surface area contributed by atoms with Crippen LogP contribution in [0.25, 0.3) is 0 Å². The molecule has 1 saturated carbocycles. The van der Waals surface area contributed by atoms with Gasteiger partial charge in [-0.15, -0.1) is 0 Å². The molecule has 1 aliphatic carbocycles. The average Bonchev–Trinajstić information content (AvgIpc) is 2.16. The van der Waals surface area contributed by atoms with Crippen molar-refractivity contribution in [1.29, 1.82) is 0 Å². The van der Waals surface area contributed by atoms with Gasteiger partial charge in [0.2, 0.25) is 0 Å². The Kier molecular flexibility index (Phi) is 4.11. The van der Waals surface area contributed by atoms with Crippen molar-refractivity contribution < 1.29 is 14.3 Å². The summed E-state index contributed by atoms with van der Waals surface area (Å²) in [7, 11) is 0. The van der Waals surface area contributed by atoms with Crippen LogP contribution < -0.4 is 0 Å². The van der Waals surface area contributed by atoms with Crippen molar-refractivity contribution in [2.75, 3.05) is 6.61 Å². The minimum Gasteiger partial charge on any atom is -0.465 e. The van der Waals surface area contributed by atoms with Gasteiger partial charge in [0.05, 0.1) is 6.61 Å². The number of rotatable bonds is 2. The number of carbonyl (C=O) groups excluding carboxylic acids is 2. The Morgan fingerprint density at radius 1 is 1.44 bits per heavy atom. The number of hydrogen-bond acceptors (Lipinski definition) is 3. The van der Waals surface area contributed by atoms with Crippen molar-refractivity contribution in [3.8, 4) is 0 Å². The van der Waals surface area contributed by atoms with Gasteiger partial charge in [-0.25, -0.2) is 0 Å². The summed E-state index contributed by atoms with van der Waals surface area (Å²) in [5.74, 6) is -0.363. The standard InChI is InChI=1S/C13H22O3/c1-5-16-12(15)10-8-9(13(2,3)4)6-7-11(10)14/h9-10H,5-8H2,1-4H3. The van der Waals surface area contributed by atoms with E-state index in [-0.39, 0.29) is 17.2 Å². The van der Waals surface area contributed by atoms with Gasteiger partial charge in [-0.3, -0.25) is 9.59 Å². The van der Waals surface area contributed by atoms with E-state index in [1.807, 2.05) is 0 Å². The van der Waals surface area contributed by atoms with Gasteiger partial charge in [0, 0.05) is 6.42 Å². The highest BCUT2D eigenvalue weighted by molar-refractivity contribution is 5.99. The predicted molar refractivity (Wildman–Crippen MR) is 61.9 cm³/mol. The third-order valence-electron chi connectivity index (χ3n) is 3.44. The molecular formula is C13H22O3. The highest BCUT2D eigenvalue weighted by Crippen LogP contribution is 2.39. The summed E-state index contributed by atoms with van der Waals surface area (Å²) in [4.78, 5) is 23.3. The first-order chi connectivity index (χ1) is 7.36. The molecule has 3 nitrogen and oxygen atoms in total. The van der Waals surface area contributed by atoms with E-state index >= 15 is 0 Å². The molecule has 2 unspecified atom stereocenters. The molecule has 1 rings (SSSR count). The number of carbonyl (C=O) groups is 2. The summed E-state index contributed by atoms with van der Waals surface area (Å²) < 4.78 is 4.95. The van der Waals surface area contributed by atoms with Crippen molar-refractivity contribution in [3.05, 3.63) is 0 Å². The van der Waals surface area contributed by atoms with Crippen LogP contribution in [0.15, 0.2) is 0 Å². The molecule has 92 valence electrons. The number of esters is 1. The molecule has 0 heterocycles. The fourth-order valence-corrected chi connectivity index (χ4v) is 2.28. The molecule has 0 aliphatic heterocycles. The highest BCUT2D eigenvalue weighted by atomic mass is 16.5. The number of ketones is 1. The normalized spacial score (nSPS) is 26.6. The van der Waals surface area contributed by atoms with E-state index in [0.29, 0.717) is 25.4 Å². The van der Waals surface area contributed by atoms with Crippen LogP contribution in [0.1, 0.15) is 47.0 Å². The maximum atomic E-state index is 11.7. The summed E-state index contributed by atoms with van der Waals surface area (Å²) >= 11 is 0. The summed E-state index contributed by atoms with van der Waals surface area (Å²) in [6.45, 7) is 8.61. The second-order valence-corrected chi connectivity index (χ2v) is 5.61. The summed E-state index contributed by atoms with van der Waals surface area (Å²) in [6.07, 6.45) is 2.07. The van der Waals surface area contributed by atoms with Gasteiger partial charge in [0.15, 0.2) is 0 Å². The molecule has 0 bridgehead atoms. The largest absolute Gasteiger partial charge is 0.465 e. The molecule has 0 aromatic heterocycles. The fourth-order valence-electron chi connectivity index (χ4n) is 2.28. The molecule has 0 spiro atoms. The monoisotopic (exact) mass is 226 g/mol. The quantitative estimate of drug-likeness (QED) is 0.537. The lowest BCUT2D eigenvalue weighted by atomic mass is 9.69. The molecule has 16 heavy (non-hydrogen) atoms. The first-order valence-corrected chi connectivity index (χ1v) is 6.05. The van der Waals surface area contributed by atoms with E-state index in [0.717, 1.165) is 6.42 Å². The van der Waals surface area contributed by atoms with Gasteiger partial charge >= 0.3 is 5.97 Å². The molecule has 1 fully saturated rings. The Balaban J connectivity index is 2.69. The highest BCUT2D eigenvalue weighted by Gasteiger charge is 2.38. The predicted octanol–water partition coefficient (Wildman–Crippen LogP) is 2.58. The van der Waals surface area contributed by atoms with Crippen LogP contribution in [0, 0.1) is 17.3 Å². The van der Waals surface area contributed by atoms with E-state index in [1.54, 1.807) is 6.92 Å². The molecule has 0 saturated heterocycles. The van der Waals surface area contributed by atoms with Crippen molar-refractivity contribution in [2.24, 2.45) is 17.3 Å². The maximum Gasteiger partial charge on any atom is 0.316 e. The fraction of sp³-hybridized carbons (Fsp3) is 0.846. The van der Waals surface area contributed by atoms with Gasteiger partial charge in [-0.2, -0.15) is 0 Å². The smallest absolute Gasteiger partial charge is 0.316 e. The second kappa shape index (κ2) is 4.98. The number of ether oxygens (including phenoxy) is 1. The lowest BCUT2D eigenvalue weighted by molar-refractivity contribution is -0.154. The SMILES string of the molecule is CCOC(=O)C1CC(C(C)(C)C)CCC1=O. The Morgan fingerprint density at radius 2 is 2.06 bits per heavy atom. The number of hydrogen-bond donors (Lipinski definition) is 0.